The molecule has 1 aromatic rings. The van der Waals surface area contributed by atoms with E-state index < -0.39 is 30.0 Å². The van der Waals surface area contributed by atoms with E-state index >= 15 is 0 Å². The molecule has 3 atom stereocenters. The fourth-order valence-electron chi connectivity index (χ4n) is 1.72. The second kappa shape index (κ2) is 5.37. The van der Waals surface area contributed by atoms with Crippen LogP contribution < -0.4 is 11.4 Å². The smallest absolute Gasteiger partial charge is 0.351 e. The van der Waals surface area contributed by atoms with Crippen molar-refractivity contribution in [2.75, 3.05) is 10.2 Å². The Morgan fingerprint density at radius 3 is 2.79 bits per heavy atom. The zero-order valence-electron chi connectivity index (χ0n) is 9.26. The van der Waals surface area contributed by atoms with Crippen LogP contribution in [0, 0.1) is 3.57 Å². The Hall–Kier alpha value is -0.0800. The minimum Gasteiger partial charge on any atom is -0.384 e. The Balaban J connectivity index is 2.48. The van der Waals surface area contributed by atoms with E-state index in [-0.39, 0.29) is 10.2 Å². The highest BCUT2D eigenvalue weighted by Crippen LogP contribution is 2.42. The van der Waals surface area contributed by atoms with Crippen LogP contribution >= 0.6 is 45.2 Å². The van der Waals surface area contributed by atoms with Gasteiger partial charge >= 0.3 is 11.6 Å². The quantitative estimate of drug-likeness (QED) is 0.464. The fourth-order valence-corrected chi connectivity index (χ4v) is 2.83. The van der Waals surface area contributed by atoms with Crippen molar-refractivity contribution >= 4 is 51.0 Å². The summed E-state index contributed by atoms with van der Waals surface area (Å²) in [6, 6.07) is 0. The van der Waals surface area contributed by atoms with Crippen molar-refractivity contribution in [1.82, 2.24) is 9.55 Å². The lowest BCUT2D eigenvalue weighted by Gasteiger charge is -2.21. The number of nitrogens with two attached hydrogens (primary N) is 1. The molecule has 0 spiro atoms. The van der Waals surface area contributed by atoms with Crippen LogP contribution in [0.3, 0.4) is 0 Å². The molecular weight excluding hydrogens is 490 g/mol. The predicted molar refractivity (Wildman–Crippen MR) is 79.4 cm³/mol. The average Bonchev–Trinajstić information content (AvgIpc) is 2.56. The third kappa shape index (κ3) is 2.58. The van der Waals surface area contributed by atoms with Crippen molar-refractivity contribution in [3.05, 3.63) is 20.3 Å². The lowest BCUT2D eigenvalue weighted by molar-refractivity contribution is -0.140. The molecule has 0 bridgehead atoms. The molecule has 1 fully saturated rings. The molecule has 10 heteroatoms. The number of aromatic nitrogens is 2. The van der Waals surface area contributed by atoms with E-state index in [1.54, 1.807) is 22.6 Å². The lowest BCUT2D eigenvalue weighted by Crippen LogP contribution is -2.41. The van der Waals surface area contributed by atoms with Crippen molar-refractivity contribution in [2.24, 2.45) is 0 Å². The van der Waals surface area contributed by atoms with Crippen molar-refractivity contribution in [3.8, 4) is 0 Å². The molecule has 0 amide bonds. The Bertz CT molecular complexity index is 554. The molecule has 2 rings (SSSR count). The number of ether oxygens (including phenoxy) is 1. The van der Waals surface area contributed by atoms with E-state index in [1.165, 1.54) is 0 Å². The summed E-state index contributed by atoms with van der Waals surface area (Å²) in [7, 11) is 0. The number of nitrogens with zero attached hydrogens (tertiary/aromatic N) is 2. The first kappa shape index (κ1) is 15.3. The largest absolute Gasteiger partial charge is 0.384 e. The first-order valence-corrected chi connectivity index (χ1v) is 7.71. The number of alkyl halides is 3. The van der Waals surface area contributed by atoms with Gasteiger partial charge in [-0.2, -0.15) is 13.8 Å². The minimum absolute atomic E-state index is 0.0332. The van der Waals surface area contributed by atoms with Crippen LogP contribution in [0.4, 0.5) is 14.6 Å². The van der Waals surface area contributed by atoms with Gasteiger partial charge in [-0.15, -0.1) is 0 Å². The summed E-state index contributed by atoms with van der Waals surface area (Å²) >= 11 is 3.60. The fraction of sp³-hybridized carbons (Fsp3) is 0.556. The molecule has 1 saturated heterocycles. The van der Waals surface area contributed by atoms with E-state index in [9.17, 15) is 18.7 Å². The molecule has 0 radical (unpaired) electrons. The van der Waals surface area contributed by atoms with E-state index in [0.29, 0.717) is 8.14 Å². The van der Waals surface area contributed by atoms with Crippen molar-refractivity contribution in [3.63, 3.8) is 0 Å². The van der Waals surface area contributed by atoms with Gasteiger partial charge in [0.15, 0.2) is 0 Å². The second-order valence-corrected chi connectivity index (χ2v) is 6.01. The van der Waals surface area contributed by atoms with Gasteiger partial charge in [0.05, 0.1) is 3.57 Å². The number of halogens is 4. The molecular formula is C9H9F2I2N3O3. The molecule has 1 aromatic heterocycles. The zero-order valence-corrected chi connectivity index (χ0v) is 13.6. The summed E-state index contributed by atoms with van der Waals surface area (Å²) in [5, 5.41) is 9.52. The van der Waals surface area contributed by atoms with Crippen LogP contribution in [0.5, 0.6) is 0 Å². The van der Waals surface area contributed by atoms with E-state index in [2.05, 4.69) is 4.98 Å². The summed E-state index contributed by atoms with van der Waals surface area (Å²) in [6.07, 6.45) is -3.73. The number of anilines is 1. The number of hydrogen-bond acceptors (Lipinski definition) is 5. The van der Waals surface area contributed by atoms with Gasteiger partial charge in [0.25, 0.3) is 0 Å². The number of nitrogen functional groups attached to an aromatic ring is 1. The Morgan fingerprint density at radius 1 is 1.63 bits per heavy atom. The van der Waals surface area contributed by atoms with Gasteiger partial charge in [-0.3, -0.25) is 4.57 Å². The van der Waals surface area contributed by atoms with E-state index in [4.69, 9.17) is 10.5 Å². The topological polar surface area (TPSA) is 90.4 Å². The number of rotatable bonds is 2. The Morgan fingerprint density at radius 2 is 2.26 bits per heavy atom. The van der Waals surface area contributed by atoms with Gasteiger partial charge in [-0.05, 0) is 22.6 Å². The van der Waals surface area contributed by atoms with Crippen LogP contribution in [-0.2, 0) is 4.74 Å². The molecule has 0 saturated carbocycles. The van der Waals surface area contributed by atoms with Gasteiger partial charge in [0.2, 0.25) is 6.23 Å². The molecule has 19 heavy (non-hydrogen) atoms. The van der Waals surface area contributed by atoms with Gasteiger partial charge in [-0.1, -0.05) is 22.6 Å². The molecule has 0 unspecified atom stereocenters. The SMILES string of the molecule is Nc1nc(=O)n([C@@H]2O[C@H](CI)[C@@H](O)C2(F)F)cc1I. The molecule has 2 heterocycles. The van der Waals surface area contributed by atoms with Gasteiger partial charge in [-0.25, -0.2) is 4.79 Å². The van der Waals surface area contributed by atoms with Crippen molar-refractivity contribution in [1.29, 1.82) is 0 Å². The van der Waals surface area contributed by atoms with Crippen LogP contribution in [-0.4, -0.2) is 37.2 Å². The third-order valence-electron chi connectivity index (χ3n) is 2.72. The molecule has 3 N–H and O–H groups in total. The van der Waals surface area contributed by atoms with E-state index in [1.807, 2.05) is 22.6 Å². The number of hydrogen-bond donors (Lipinski definition) is 2. The summed E-state index contributed by atoms with van der Waals surface area (Å²) in [5.41, 5.74) is 4.48. The first-order valence-electron chi connectivity index (χ1n) is 5.10. The molecule has 1 aliphatic rings. The monoisotopic (exact) mass is 499 g/mol. The van der Waals surface area contributed by atoms with Gasteiger partial charge < -0.3 is 15.6 Å². The molecule has 1 aliphatic heterocycles. The maximum Gasteiger partial charge on any atom is 0.351 e. The van der Waals surface area contributed by atoms with Crippen molar-refractivity contribution in [2.45, 2.75) is 24.4 Å². The summed E-state index contributed by atoms with van der Waals surface area (Å²) in [6.45, 7) is 0. The third-order valence-corrected chi connectivity index (χ3v) is 4.42. The number of aliphatic hydroxyl groups is 1. The van der Waals surface area contributed by atoms with Crippen LogP contribution in [0.1, 0.15) is 6.23 Å². The molecule has 0 aromatic carbocycles. The van der Waals surface area contributed by atoms with Gasteiger partial charge in [0, 0.05) is 10.6 Å². The zero-order chi connectivity index (χ0) is 14.4. The normalized spacial score (nSPS) is 29.6. The highest BCUT2D eigenvalue weighted by atomic mass is 127. The number of aliphatic hydroxyl groups excluding tert-OH is 1. The first-order chi connectivity index (χ1) is 8.78. The molecule has 106 valence electrons. The van der Waals surface area contributed by atoms with Crippen LogP contribution in [0.25, 0.3) is 0 Å². The standard InChI is InChI=1S/C9H9F2I2N3O3/c10-9(11)5(17)4(1-12)19-7(9)16-2-3(13)6(14)15-8(16)18/h2,4-5,7,17H,1H2,(H2,14,15,18)/t4-,5-,7-/m1/s1. The predicted octanol–water partition coefficient (Wildman–Crippen LogP) is 0.759. The Labute approximate surface area is 133 Å². The Kier molecular flexibility index (Phi) is 4.32. The second-order valence-electron chi connectivity index (χ2n) is 3.96. The highest BCUT2D eigenvalue weighted by Gasteiger charge is 2.59. The van der Waals surface area contributed by atoms with E-state index in [0.717, 1.165) is 6.20 Å². The maximum absolute atomic E-state index is 13.9. The summed E-state index contributed by atoms with van der Waals surface area (Å²) in [4.78, 5) is 15.1. The molecule has 0 aliphatic carbocycles. The molecule has 6 nitrogen and oxygen atoms in total. The van der Waals surface area contributed by atoms with Gasteiger partial charge in [0.1, 0.15) is 18.0 Å². The summed E-state index contributed by atoms with van der Waals surface area (Å²) < 4.78 is 34.1. The highest BCUT2D eigenvalue weighted by molar-refractivity contribution is 14.1. The lowest BCUT2D eigenvalue weighted by atomic mass is 10.1. The van der Waals surface area contributed by atoms with Crippen LogP contribution in [0.15, 0.2) is 11.0 Å². The maximum atomic E-state index is 13.9. The van der Waals surface area contributed by atoms with Crippen molar-refractivity contribution < 1.29 is 18.6 Å². The summed E-state index contributed by atoms with van der Waals surface area (Å²) in [5.74, 6) is -3.60. The minimum atomic E-state index is -3.57. The average molecular weight is 499 g/mol. The van der Waals surface area contributed by atoms with Crippen LogP contribution in [0.2, 0.25) is 0 Å².